The largest absolute Gasteiger partial charge is 0.482 e. The van der Waals surface area contributed by atoms with E-state index in [0.29, 0.717) is 33.9 Å². The summed E-state index contributed by atoms with van der Waals surface area (Å²) in [5.74, 6) is -0.0370. The molecule has 2 aromatic carbocycles. The number of hydrogen-bond acceptors (Lipinski definition) is 5. The maximum Gasteiger partial charge on any atom is 0.344 e. The zero-order valence-electron chi connectivity index (χ0n) is 13.5. The average Bonchev–Trinajstić information content (AvgIpc) is 2.61. The van der Waals surface area contributed by atoms with Crippen LogP contribution in [0.25, 0.3) is 22.1 Å². The van der Waals surface area contributed by atoms with E-state index in [1.807, 2.05) is 0 Å². The first kappa shape index (κ1) is 17.0. The molecule has 5 nitrogen and oxygen atoms in total. The van der Waals surface area contributed by atoms with Gasteiger partial charge in [0.2, 0.25) is 0 Å². The summed E-state index contributed by atoms with van der Waals surface area (Å²) in [5.41, 5.74) is 1.40. The number of benzene rings is 2. The minimum absolute atomic E-state index is 0.152. The molecule has 0 saturated heterocycles. The highest BCUT2D eigenvalue weighted by Crippen LogP contribution is 2.24. The van der Waals surface area contributed by atoms with E-state index in [9.17, 15) is 9.59 Å². The van der Waals surface area contributed by atoms with Crippen LogP contribution in [0.15, 0.2) is 57.9 Å². The van der Waals surface area contributed by atoms with E-state index >= 15 is 0 Å². The van der Waals surface area contributed by atoms with Gasteiger partial charge in [0.1, 0.15) is 17.6 Å². The highest BCUT2D eigenvalue weighted by atomic mass is 35.5. The molecule has 0 aliphatic heterocycles. The lowest BCUT2D eigenvalue weighted by Gasteiger charge is -2.07. The van der Waals surface area contributed by atoms with E-state index in [2.05, 4.69) is 0 Å². The molecule has 0 unspecified atom stereocenters. The zero-order chi connectivity index (χ0) is 17.8. The fourth-order valence-corrected chi connectivity index (χ4v) is 2.50. The topological polar surface area (TPSA) is 65.7 Å². The lowest BCUT2D eigenvalue weighted by molar-refractivity contribution is -0.145. The second-order valence-corrected chi connectivity index (χ2v) is 5.67. The van der Waals surface area contributed by atoms with Gasteiger partial charge in [0.25, 0.3) is 0 Å². The highest BCUT2D eigenvalue weighted by molar-refractivity contribution is 6.30. The molecule has 0 saturated carbocycles. The molecule has 1 heterocycles. The second kappa shape index (κ2) is 7.40. The molecule has 0 bridgehead atoms. The second-order valence-electron chi connectivity index (χ2n) is 5.24. The summed E-state index contributed by atoms with van der Waals surface area (Å²) in [6, 6.07) is 11.8. The number of carbonyl (C=O) groups is 1. The summed E-state index contributed by atoms with van der Waals surface area (Å²) >= 11 is 5.87. The van der Waals surface area contributed by atoms with Crippen LogP contribution in [0.1, 0.15) is 6.92 Å². The normalized spacial score (nSPS) is 10.6. The van der Waals surface area contributed by atoms with Crippen molar-refractivity contribution in [2.24, 2.45) is 0 Å². The smallest absolute Gasteiger partial charge is 0.344 e. The monoisotopic (exact) mass is 358 g/mol. The van der Waals surface area contributed by atoms with Crippen molar-refractivity contribution in [3.8, 4) is 16.9 Å². The Morgan fingerprint density at radius 2 is 1.92 bits per heavy atom. The first-order valence-electron chi connectivity index (χ1n) is 7.68. The van der Waals surface area contributed by atoms with Gasteiger partial charge in [-0.2, -0.15) is 0 Å². The predicted molar refractivity (Wildman–Crippen MR) is 95.1 cm³/mol. The number of esters is 1. The number of ether oxygens (including phenoxy) is 2. The van der Waals surface area contributed by atoms with Crippen molar-refractivity contribution in [2.75, 3.05) is 13.2 Å². The van der Waals surface area contributed by atoms with Crippen LogP contribution in [0.3, 0.4) is 0 Å². The molecule has 0 radical (unpaired) electrons. The van der Waals surface area contributed by atoms with Gasteiger partial charge in [-0.1, -0.05) is 23.7 Å². The Balaban J connectivity index is 1.90. The van der Waals surface area contributed by atoms with E-state index < -0.39 is 5.97 Å². The number of halogens is 1. The zero-order valence-corrected chi connectivity index (χ0v) is 14.2. The fraction of sp³-hybridized carbons (Fsp3) is 0.158. The molecule has 6 heteroatoms. The van der Waals surface area contributed by atoms with Crippen molar-refractivity contribution < 1.29 is 18.7 Å². The fourth-order valence-electron chi connectivity index (χ4n) is 2.37. The molecular weight excluding hydrogens is 344 g/mol. The maximum absolute atomic E-state index is 12.7. The van der Waals surface area contributed by atoms with E-state index in [1.165, 1.54) is 6.26 Å². The van der Waals surface area contributed by atoms with Crippen molar-refractivity contribution in [3.63, 3.8) is 0 Å². The van der Waals surface area contributed by atoms with Gasteiger partial charge in [0.15, 0.2) is 12.0 Å². The molecule has 25 heavy (non-hydrogen) atoms. The van der Waals surface area contributed by atoms with Crippen LogP contribution < -0.4 is 10.2 Å². The van der Waals surface area contributed by atoms with Crippen LogP contribution in [-0.4, -0.2) is 19.2 Å². The summed E-state index contributed by atoms with van der Waals surface area (Å²) in [4.78, 5) is 24.0. The van der Waals surface area contributed by atoms with Crippen molar-refractivity contribution in [3.05, 3.63) is 64.0 Å². The maximum atomic E-state index is 12.7. The molecular formula is C19H15ClO5. The summed E-state index contributed by atoms with van der Waals surface area (Å²) in [7, 11) is 0. The summed E-state index contributed by atoms with van der Waals surface area (Å²) in [5, 5.41) is 1.02. The third-order valence-corrected chi connectivity index (χ3v) is 3.82. The van der Waals surface area contributed by atoms with Gasteiger partial charge in [-0.15, -0.1) is 0 Å². The summed E-state index contributed by atoms with van der Waals surface area (Å²) in [6.45, 7) is 1.82. The van der Waals surface area contributed by atoms with Crippen LogP contribution in [0.4, 0.5) is 0 Å². The van der Waals surface area contributed by atoms with Gasteiger partial charge < -0.3 is 13.9 Å². The molecule has 0 aliphatic carbocycles. The molecule has 1 aromatic heterocycles. The van der Waals surface area contributed by atoms with Crippen molar-refractivity contribution in [2.45, 2.75) is 6.92 Å². The lowest BCUT2D eigenvalue weighted by atomic mass is 10.1. The van der Waals surface area contributed by atoms with Crippen LogP contribution in [0.2, 0.25) is 5.02 Å². The first-order valence-corrected chi connectivity index (χ1v) is 8.06. The average molecular weight is 359 g/mol. The summed E-state index contributed by atoms with van der Waals surface area (Å²) < 4.78 is 15.7. The van der Waals surface area contributed by atoms with Gasteiger partial charge in [0.05, 0.1) is 17.6 Å². The summed E-state index contributed by atoms with van der Waals surface area (Å²) in [6.07, 6.45) is 1.41. The Bertz CT molecular complexity index is 960. The molecule has 0 fully saturated rings. The Labute approximate surface area is 148 Å². The van der Waals surface area contributed by atoms with E-state index in [-0.39, 0.29) is 12.0 Å². The minimum Gasteiger partial charge on any atom is -0.482 e. The number of fused-ring (bicyclic) bond motifs is 1. The van der Waals surface area contributed by atoms with E-state index in [4.69, 9.17) is 25.5 Å². The van der Waals surface area contributed by atoms with Crippen LogP contribution >= 0.6 is 11.6 Å². The molecule has 128 valence electrons. The van der Waals surface area contributed by atoms with Crippen molar-refractivity contribution in [1.29, 1.82) is 0 Å². The molecule has 3 rings (SSSR count). The Hall–Kier alpha value is -2.79. The Morgan fingerprint density at radius 1 is 1.16 bits per heavy atom. The molecule has 0 N–H and O–H groups in total. The first-order chi connectivity index (χ1) is 12.1. The van der Waals surface area contributed by atoms with Crippen molar-refractivity contribution >= 4 is 28.5 Å². The molecule has 0 aliphatic rings. The van der Waals surface area contributed by atoms with Gasteiger partial charge >= 0.3 is 5.97 Å². The number of hydrogen-bond donors (Lipinski definition) is 0. The van der Waals surface area contributed by atoms with Crippen molar-refractivity contribution in [1.82, 2.24) is 0 Å². The molecule has 3 aromatic rings. The number of carbonyl (C=O) groups excluding carboxylic acids is 1. The molecule has 0 atom stereocenters. The Kier molecular flexibility index (Phi) is 5.05. The third kappa shape index (κ3) is 3.83. The van der Waals surface area contributed by atoms with Crippen LogP contribution in [-0.2, 0) is 9.53 Å². The van der Waals surface area contributed by atoms with Gasteiger partial charge in [-0.25, -0.2) is 4.79 Å². The Morgan fingerprint density at radius 3 is 2.64 bits per heavy atom. The quantitative estimate of drug-likeness (QED) is 0.643. The van der Waals surface area contributed by atoms with Crippen LogP contribution in [0.5, 0.6) is 5.75 Å². The lowest BCUT2D eigenvalue weighted by Crippen LogP contribution is -2.14. The minimum atomic E-state index is -0.456. The third-order valence-electron chi connectivity index (χ3n) is 3.56. The van der Waals surface area contributed by atoms with E-state index in [1.54, 1.807) is 49.4 Å². The van der Waals surface area contributed by atoms with E-state index in [0.717, 1.165) is 5.56 Å². The van der Waals surface area contributed by atoms with Gasteiger partial charge in [-0.05, 0) is 36.8 Å². The molecule has 0 amide bonds. The SMILES string of the molecule is CCOC(=O)COc1ccc2c(=O)c(-c3ccc(Cl)cc3)coc2c1. The predicted octanol–water partition coefficient (Wildman–Crippen LogP) is 4.06. The van der Waals surface area contributed by atoms with Gasteiger partial charge in [-0.3, -0.25) is 4.79 Å². The standard InChI is InChI=1S/C19H15ClO5/c1-2-23-18(21)11-24-14-7-8-15-17(9-14)25-10-16(19(15)22)12-3-5-13(20)6-4-12/h3-10H,2,11H2,1H3. The van der Waals surface area contributed by atoms with Crippen LogP contribution in [0, 0.1) is 0 Å². The molecule has 0 spiro atoms. The van der Waals surface area contributed by atoms with Gasteiger partial charge in [0, 0.05) is 11.1 Å². The number of rotatable bonds is 5. The highest BCUT2D eigenvalue weighted by Gasteiger charge is 2.11.